The third-order valence-corrected chi connectivity index (χ3v) is 6.39. The molecule has 1 aromatic carbocycles. The number of nitrogens with zero attached hydrogens (tertiary/aromatic N) is 3. The van der Waals surface area contributed by atoms with E-state index in [2.05, 4.69) is 10.3 Å². The molecule has 2 amide bonds. The maximum absolute atomic E-state index is 13.8. The summed E-state index contributed by atoms with van der Waals surface area (Å²) in [6.45, 7) is 2.61. The Balaban J connectivity index is 1.59. The van der Waals surface area contributed by atoms with Gasteiger partial charge in [-0.05, 0) is 25.1 Å². The average Bonchev–Trinajstić information content (AvgIpc) is 2.69. The lowest BCUT2D eigenvalue weighted by Gasteiger charge is -2.34. The molecule has 0 unspecified atom stereocenters. The number of benzene rings is 1. The van der Waals surface area contributed by atoms with Crippen molar-refractivity contribution < 1.29 is 17.6 Å². The SMILES string of the molecule is C[C@@H](NC(=O)N1CCN(S(=O)(=O)c2cccnc2)CC1)c1ccccc1F. The number of carbonyl (C=O) groups excluding carboxylic acids is 1. The molecule has 2 heterocycles. The molecule has 1 aliphatic rings. The number of sulfonamides is 1. The van der Waals surface area contributed by atoms with Gasteiger partial charge < -0.3 is 10.2 Å². The number of aromatic nitrogens is 1. The van der Waals surface area contributed by atoms with E-state index in [9.17, 15) is 17.6 Å². The Morgan fingerprint density at radius 2 is 1.85 bits per heavy atom. The Hall–Kier alpha value is -2.52. The van der Waals surface area contributed by atoms with Crippen LogP contribution in [-0.2, 0) is 10.0 Å². The number of amides is 2. The fourth-order valence-corrected chi connectivity index (χ4v) is 4.35. The van der Waals surface area contributed by atoms with Gasteiger partial charge in [-0.1, -0.05) is 18.2 Å². The molecule has 1 aliphatic heterocycles. The van der Waals surface area contributed by atoms with Crippen LogP contribution in [0.15, 0.2) is 53.7 Å². The monoisotopic (exact) mass is 392 g/mol. The molecule has 1 atom stereocenters. The van der Waals surface area contributed by atoms with Crippen LogP contribution in [0.3, 0.4) is 0 Å². The van der Waals surface area contributed by atoms with Crippen molar-refractivity contribution in [2.75, 3.05) is 26.2 Å². The summed E-state index contributed by atoms with van der Waals surface area (Å²) in [7, 11) is -3.62. The molecule has 0 spiro atoms. The third-order valence-electron chi connectivity index (χ3n) is 4.51. The van der Waals surface area contributed by atoms with Crippen molar-refractivity contribution in [3.8, 4) is 0 Å². The average molecular weight is 392 g/mol. The zero-order valence-electron chi connectivity index (χ0n) is 14.9. The lowest BCUT2D eigenvalue weighted by molar-refractivity contribution is 0.169. The first-order valence-electron chi connectivity index (χ1n) is 8.59. The highest BCUT2D eigenvalue weighted by Gasteiger charge is 2.30. The number of rotatable bonds is 4. The van der Waals surface area contributed by atoms with E-state index in [1.807, 2.05) is 0 Å². The number of piperazine rings is 1. The lowest BCUT2D eigenvalue weighted by atomic mass is 10.1. The standard InChI is InChI=1S/C18H21FN4O3S/c1-14(16-6-2-3-7-17(16)19)21-18(24)22-9-11-23(12-10-22)27(25,26)15-5-4-8-20-13-15/h2-8,13-14H,9-12H2,1H3,(H,21,24)/t14-/m1/s1. The predicted octanol–water partition coefficient (Wildman–Crippen LogP) is 2.00. The molecule has 3 rings (SSSR count). The van der Waals surface area contributed by atoms with E-state index in [4.69, 9.17) is 0 Å². The summed E-state index contributed by atoms with van der Waals surface area (Å²) >= 11 is 0. The number of hydrogen-bond donors (Lipinski definition) is 1. The van der Waals surface area contributed by atoms with Crippen LogP contribution in [-0.4, -0.2) is 54.8 Å². The zero-order valence-corrected chi connectivity index (χ0v) is 15.7. The fraction of sp³-hybridized carbons (Fsp3) is 0.333. The topological polar surface area (TPSA) is 82.6 Å². The smallest absolute Gasteiger partial charge is 0.317 e. The van der Waals surface area contributed by atoms with Gasteiger partial charge in [-0.15, -0.1) is 0 Å². The molecule has 1 fully saturated rings. The molecular formula is C18H21FN4O3S. The first-order chi connectivity index (χ1) is 12.9. The molecule has 27 heavy (non-hydrogen) atoms. The van der Waals surface area contributed by atoms with Crippen molar-refractivity contribution in [3.63, 3.8) is 0 Å². The van der Waals surface area contributed by atoms with Gasteiger partial charge in [0.15, 0.2) is 0 Å². The molecule has 7 nitrogen and oxygen atoms in total. The van der Waals surface area contributed by atoms with Crippen LogP contribution >= 0.6 is 0 Å². The maximum atomic E-state index is 13.8. The van der Waals surface area contributed by atoms with Crippen molar-refractivity contribution >= 4 is 16.1 Å². The number of carbonyl (C=O) groups is 1. The Morgan fingerprint density at radius 1 is 1.15 bits per heavy atom. The van der Waals surface area contributed by atoms with Crippen molar-refractivity contribution in [3.05, 3.63) is 60.2 Å². The molecule has 0 bridgehead atoms. The second-order valence-electron chi connectivity index (χ2n) is 6.27. The van der Waals surface area contributed by atoms with Crippen molar-refractivity contribution in [2.45, 2.75) is 17.9 Å². The molecular weight excluding hydrogens is 371 g/mol. The van der Waals surface area contributed by atoms with Crippen LogP contribution in [0.2, 0.25) is 0 Å². The molecule has 9 heteroatoms. The van der Waals surface area contributed by atoms with Crippen molar-refractivity contribution in [1.29, 1.82) is 0 Å². The van der Waals surface area contributed by atoms with E-state index < -0.39 is 16.1 Å². The number of halogens is 1. The third kappa shape index (κ3) is 4.25. The van der Waals surface area contributed by atoms with Gasteiger partial charge in [0.1, 0.15) is 10.7 Å². The molecule has 0 saturated carbocycles. The molecule has 1 saturated heterocycles. The number of urea groups is 1. The largest absolute Gasteiger partial charge is 0.331 e. The minimum absolute atomic E-state index is 0.135. The van der Waals surface area contributed by atoms with Crippen LogP contribution < -0.4 is 5.32 Å². The van der Waals surface area contributed by atoms with Crippen LogP contribution in [0.4, 0.5) is 9.18 Å². The van der Waals surface area contributed by atoms with Gasteiger partial charge in [0.05, 0.1) is 6.04 Å². The molecule has 1 N–H and O–H groups in total. The van der Waals surface area contributed by atoms with E-state index in [1.54, 1.807) is 31.2 Å². The summed E-state index contributed by atoms with van der Waals surface area (Å²) in [5.41, 5.74) is 0.406. The van der Waals surface area contributed by atoms with Gasteiger partial charge in [0.2, 0.25) is 10.0 Å². The highest BCUT2D eigenvalue weighted by atomic mass is 32.2. The highest BCUT2D eigenvalue weighted by Crippen LogP contribution is 2.18. The summed E-state index contributed by atoms with van der Waals surface area (Å²) < 4.78 is 40.4. The predicted molar refractivity (Wildman–Crippen MR) is 97.9 cm³/mol. The van der Waals surface area contributed by atoms with E-state index in [0.717, 1.165) is 0 Å². The van der Waals surface area contributed by atoms with Gasteiger partial charge in [0, 0.05) is 44.1 Å². The Kier molecular flexibility index (Phi) is 5.71. The van der Waals surface area contributed by atoms with Gasteiger partial charge in [0.25, 0.3) is 0 Å². The maximum Gasteiger partial charge on any atom is 0.317 e. The van der Waals surface area contributed by atoms with Gasteiger partial charge in [-0.3, -0.25) is 4.98 Å². The summed E-state index contributed by atoms with van der Waals surface area (Å²) in [6, 6.07) is 8.51. The summed E-state index contributed by atoms with van der Waals surface area (Å²) in [5.74, 6) is -0.377. The van der Waals surface area contributed by atoms with Crippen molar-refractivity contribution in [1.82, 2.24) is 19.5 Å². The fourth-order valence-electron chi connectivity index (χ4n) is 2.96. The minimum atomic E-state index is -3.62. The Morgan fingerprint density at radius 3 is 2.48 bits per heavy atom. The summed E-state index contributed by atoms with van der Waals surface area (Å²) in [5, 5.41) is 2.76. The number of hydrogen-bond acceptors (Lipinski definition) is 4. The normalized spacial score (nSPS) is 16.7. The first-order valence-corrected chi connectivity index (χ1v) is 10.0. The first kappa shape index (κ1) is 19.2. The van der Waals surface area contributed by atoms with Gasteiger partial charge >= 0.3 is 6.03 Å². The van der Waals surface area contributed by atoms with E-state index in [0.29, 0.717) is 5.56 Å². The molecule has 2 aromatic rings. The Labute approximate surface area is 157 Å². The lowest BCUT2D eigenvalue weighted by Crippen LogP contribution is -2.53. The summed E-state index contributed by atoms with van der Waals surface area (Å²) in [4.78, 5) is 17.9. The number of nitrogens with one attached hydrogen (secondary N) is 1. The molecule has 1 aromatic heterocycles. The van der Waals surface area contributed by atoms with Gasteiger partial charge in [-0.25, -0.2) is 17.6 Å². The van der Waals surface area contributed by atoms with Crippen LogP contribution in [0.25, 0.3) is 0 Å². The second-order valence-corrected chi connectivity index (χ2v) is 8.21. The van der Waals surface area contributed by atoms with E-state index >= 15 is 0 Å². The van der Waals surface area contributed by atoms with Crippen LogP contribution in [0.5, 0.6) is 0 Å². The highest BCUT2D eigenvalue weighted by molar-refractivity contribution is 7.89. The zero-order chi connectivity index (χ0) is 19.4. The second kappa shape index (κ2) is 8.01. The van der Waals surface area contributed by atoms with Gasteiger partial charge in [-0.2, -0.15) is 4.31 Å². The van der Waals surface area contributed by atoms with E-state index in [1.165, 1.54) is 33.7 Å². The van der Waals surface area contributed by atoms with E-state index in [-0.39, 0.29) is 42.9 Å². The molecule has 144 valence electrons. The minimum Gasteiger partial charge on any atom is -0.331 e. The van der Waals surface area contributed by atoms with Crippen LogP contribution in [0, 0.1) is 5.82 Å². The summed E-state index contributed by atoms with van der Waals surface area (Å²) in [6.07, 6.45) is 2.82. The molecule has 0 radical (unpaired) electrons. The molecule has 0 aliphatic carbocycles. The quantitative estimate of drug-likeness (QED) is 0.863. The number of pyridine rings is 1. The van der Waals surface area contributed by atoms with Crippen LogP contribution in [0.1, 0.15) is 18.5 Å². The Bertz CT molecular complexity index is 900. The van der Waals surface area contributed by atoms with Crippen molar-refractivity contribution in [2.24, 2.45) is 0 Å².